The molecular weight excluding hydrogens is 296 g/mol. The summed E-state index contributed by atoms with van der Waals surface area (Å²) in [5, 5.41) is 17.3. The van der Waals surface area contributed by atoms with Crippen molar-refractivity contribution in [3.63, 3.8) is 0 Å². The van der Waals surface area contributed by atoms with Gasteiger partial charge in [-0.15, -0.1) is 10.2 Å². The van der Waals surface area contributed by atoms with Gasteiger partial charge in [0, 0.05) is 0 Å². The number of aliphatic carboxylic acids is 1. The molecule has 3 rings (SSSR count). The summed E-state index contributed by atoms with van der Waals surface area (Å²) < 4.78 is 7.32. The first-order valence-corrected chi connectivity index (χ1v) is 7.66. The Hall–Kier alpha value is -2.41. The molecule has 0 amide bonds. The molecule has 1 aromatic heterocycles. The van der Waals surface area contributed by atoms with E-state index in [9.17, 15) is 4.79 Å². The topological polar surface area (TPSA) is 80.5 Å². The van der Waals surface area contributed by atoms with Gasteiger partial charge in [0.1, 0.15) is 12.1 Å². The Morgan fingerprint density at radius 3 is 2.78 bits per heavy atom. The number of rotatable bonds is 5. The number of hydrogen-bond acceptors (Lipinski definition) is 5. The highest BCUT2D eigenvalue weighted by Crippen LogP contribution is 2.24. The maximum atomic E-state index is 11.0. The largest absolute Gasteiger partial charge is 0.495 e. The number of nitrogens with zero attached hydrogens (tertiary/aromatic N) is 4. The normalized spacial score (nSPS) is 16.4. The lowest BCUT2D eigenvalue weighted by Gasteiger charge is -2.29. The summed E-state index contributed by atoms with van der Waals surface area (Å²) in [6.07, 6.45) is 3.04. The number of aromatic nitrogens is 3. The van der Waals surface area contributed by atoms with Crippen molar-refractivity contribution in [1.82, 2.24) is 19.7 Å². The van der Waals surface area contributed by atoms with Crippen LogP contribution < -0.4 is 4.74 Å². The van der Waals surface area contributed by atoms with Crippen molar-refractivity contribution in [2.75, 3.05) is 20.2 Å². The molecular formula is C16H20N4O3. The third kappa shape index (κ3) is 3.34. The summed E-state index contributed by atoms with van der Waals surface area (Å²) in [5.74, 6) is 0.668. The van der Waals surface area contributed by atoms with E-state index in [1.54, 1.807) is 13.4 Å². The van der Waals surface area contributed by atoms with Crippen molar-refractivity contribution in [2.24, 2.45) is 5.92 Å². The first kappa shape index (κ1) is 15.5. The SMILES string of the molecule is COc1ccccc1-n1cnnc1CN1CCC(C(=O)O)CC1. The number of likely N-dealkylation sites (tertiary alicyclic amines) is 1. The highest BCUT2D eigenvalue weighted by atomic mass is 16.5. The van der Waals surface area contributed by atoms with Crippen LogP contribution in [-0.2, 0) is 11.3 Å². The van der Waals surface area contributed by atoms with Gasteiger partial charge in [0.05, 0.1) is 25.3 Å². The van der Waals surface area contributed by atoms with Crippen LogP contribution in [0.25, 0.3) is 5.69 Å². The minimum Gasteiger partial charge on any atom is -0.495 e. The third-order valence-electron chi connectivity index (χ3n) is 4.26. The van der Waals surface area contributed by atoms with Crippen LogP contribution in [0.4, 0.5) is 0 Å². The van der Waals surface area contributed by atoms with E-state index in [1.165, 1.54) is 0 Å². The molecule has 7 heteroatoms. The van der Waals surface area contributed by atoms with Crippen molar-refractivity contribution in [1.29, 1.82) is 0 Å². The number of carboxylic acid groups (broad SMARTS) is 1. The Kier molecular flexibility index (Phi) is 4.57. The van der Waals surface area contributed by atoms with Crippen LogP contribution in [0, 0.1) is 5.92 Å². The second kappa shape index (κ2) is 6.78. The summed E-state index contributed by atoms with van der Waals surface area (Å²) in [6, 6.07) is 7.73. The fraction of sp³-hybridized carbons (Fsp3) is 0.438. The number of piperidine rings is 1. The Labute approximate surface area is 134 Å². The van der Waals surface area contributed by atoms with E-state index in [2.05, 4.69) is 15.1 Å². The Balaban J connectivity index is 1.74. The second-order valence-corrected chi connectivity index (χ2v) is 5.68. The summed E-state index contributed by atoms with van der Waals surface area (Å²) in [6.45, 7) is 2.16. The predicted octanol–water partition coefficient (Wildman–Crippen LogP) is 1.57. The van der Waals surface area contributed by atoms with E-state index < -0.39 is 5.97 Å². The second-order valence-electron chi connectivity index (χ2n) is 5.68. The predicted molar refractivity (Wildman–Crippen MR) is 83.5 cm³/mol. The molecule has 7 nitrogen and oxygen atoms in total. The summed E-state index contributed by atoms with van der Waals surface area (Å²) in [5.41, 5.74) is 0.899. The molecule has 1 fully saturated rings. The van der Waals surface area contributed by atoms with Crippen molar-refractivity contribution in [3.05, 3.63) is 36.4 Å². The van der Waals surface area contributed by atoms with Crippen molar-refractivity contribution < 1.29 is 14.6 Å². The van der Waals surface area contributed by atoms with E-state index >= 15 is 0 Å². The molecule has 122 valence electrons. The molecule has 2 aromatic rings. The molecule has 1 N–H and O–H groups in total. The van der Waals surface area contributed by atoms with Gasteiger partial charge >= 0.3 is 5.97 Å². The highest BCUT2D eigenvalue weighted by molar-refractivity contribution is 5.70. The molecule has 0 radical (unpaired) electrons. The van der Waals surface area contributed by atoms with Gasteiger partial charge in [-0.1, -0.05) is 12.1 Å². The Bertz CT molecular complexity index is 677. The maximum Gasteiger partial charge on any atom is 0.306 e. The van der Waals surface area contributed by atoms with Gasteiger partial charge in [-0.25, -0.2) is 0 Å². The number of benzene rings is 1. The standard InChI is InChI=1S/C16H20N4O3/c1-23-14-5-3-2-4-13(14)20-11-17-18-15(20)10-19-8-6-12(7-9-19)16(21)22/h2-5,11-12H,6-10H2,1H3,(H,21,22). The van der Waals surface area contributed by atoms with E-state index in [4.69, 9.17) is 9.84 Å². The first-order valence-electron chi connectivity index (χ1n) is 7.66. The molecule has 0 aliphatic carbocycles. The van der Waals surface area contributed by atoms with Crippen LogP contribution >= 0.6 is 0 Å². The number of hydrogen-bond donors (Lipinski definition) is 1. The lowest BCUT2D eigenvalue weighted by molar-refractivity contribution is -0.143. The van der Waals surface area contributed by atoms with Crippen molar-refractivity contribution in [3.8, 4) is 11.4 Å². The van der Waals surface area contributed by atoms with E-state index in [1.807, 2.05) is 28.8 Å². The molecule has 0 unspecified atom stereocenters. The molecule has 0 bridgehead atoms. The average molecular weight is 316 g/mol. The van der Waals surface area contributed by atoms with Crippen molar-refractivity contribution in [2.45, 2.75) is 19.4 Å². The maximum absolute atomic E-state index is 11.0. The Morgan fingerprint density at radius 2 is 2.09 bits per heavy atom. The van der Waals surface area contributed by atoms with Gasteiger partial charge in [-0.2, -0.15) is 0 Å². The first-order chi connectivity index (χ1) is 11.2. The smallest absolute Gasteiger partial charge is 0.306 e. The highest BCUT2D eigenvalue weighted by Gasteiger charge is 2.25. The van der Waals surface area contributed by atoms with Gasteiger partial charge in [0.25, 0.3) is 0 Å². The number of ether oxygens (including phenoxy) is 1. The number of carbonyl (C=O) groups is 1. The zero-order chi connectivity index (χ0) is 16.2. The monoisotopic (exact) mass is 316 g/mol. The van der Waals surface area contributed by atoms with Crippen molar-refractivity contribution >= 4 is 5.97 Å². The summed E-state index contributed by atoms with van der Waals surface area (Å²) in [4.78, 5) is 13.2. The van der Waals surface area contributed by atoms with Gasteiger partial charge in [0.2, 0.25) is 0 Å². The molecule has 23 heavy (non-hydrogen) atoms. The molecule has 0 saturated carbocycles. The van der Waals surface area contributed by atoms with Gasteiger partial charge in [-0.05, 0) is 38.1 Å². The molecule has 1 aliphatic rings. The molecule has 2 heterocycles. The Morgan fingerprint density at radius 1 is 1.35 bits per heavy atom. The zero-order valence-electron chi connectivity index (χ0n) is 13.1. The zero-order valence-corrected chi connectivity index (χ0v) is 13.1. The minimum absolute atomic E-state index is 0.224. The minimum atomic E-state index is -0.693. The summed E-state index contributed by atoms with van der Waals surface area (Å²) >= 11 is 0. The van der Waals surface area contributed by atoms with Gasteiger partial charge < -0.3 is 9.84 Å². The molecule has 1 aromatic carbocycles. The average Bonchev–Trinajstić information content (AvgIpc) is 3.03. The molecule has 0 atom stereocenters. The fourth-order valence-corrected chi connectivity index (χ4v) is 2.93. The van der Waals surface area contributed by atoms with E-state index in [-0.39, 0.29) is 5.92 Å². The number of para-hydroxylation sites is 2. The molecule has 1 aliphatic heterocycles. The van der Waals surface area contributed by atoms with Gasteiger partial charge in [0.15, 0.2) is 5.82 Å². The fourth-order valence-electron chi connectivity index (χ4n) is 2.93. The lowest BCUT2D eigenvalue weighted by atomic mass is 9.97. The third-order valence-corrected chi connectivity index (χ3v) is 4.26. The lowest BCUT2D eigenvalue weighted by Crippen LogP contribution is -2.36. The summed E-state index contributed by atoms with van der Waals surface area (Å²) in [7, 11) is 1.64. The van der Waals surface area contributed by atoms with Crippen LogP contribution in [0.1, 0.15) is 18.7 Å². The van der Waals surface area contributed by atoms with Crippen LogP contribution in [0.5, 0.6) is 5.75 Å². The molecule has 1 saturated heterocycles. The molecule has 0 spiro atoms. The van der Waals surface area contributed by atoms with Crippen LogP contribution in [0.3, 0.4) is 0 Å². The van der Waals surface area contributed by atoms with Gasteiger partial charge in [-0.3, -0.25) is 14.3 Å². The van der Waals surface area contributed by atoms with Crippen LogP contribution in [-0.4, -0.2) is 50.9 Å². The quantitative estimate of drug-likeness (QED) is 0.902. The van der Waals surface area contributed by atoms with Crippen LogP contribution in [0.2, 0.25) is 0 Å². The van der Waals surface area contributed by atoms with E-state index in [0.717, 1.165) is 30.4 Å². The number of carboxylic acids is 1. The number of methoxy groups -OCH3 is 1. The van der Waals surface area contributed by atoms with Crippen LogP contribution in [0.15, 0.2) is 30.6 Å². The van der Waals surface area contributed by atoms with E-state index in [0.29, 0.717) is 19.4 Å².